The van der Waals surface area contributed by atoms with Gasteiger partial charge in [-0.2, -0.15) is 0 Å². The number of carboxylic acid groups (broad SMARTS) is 1. The van der Waals surface area contributed by atoms with Gasteiger partial charge in [0.1, 0.15) is 0 Å². The van der Waals surface area contributed by atoms with Crippen molar-refractivity contribution in [2.75, 3.05) is 26.2 Å². The highest BCUT2D eigenvalue weighted by atomic mass is 16.4. The first-order chi connectivity index (χ1) is 14.8. The van der Waals surface area contributed by atoms with Crippen LogP contribution in [-0.4, -0.2) is 64.8 Å². The molecule has 10 heteroatoms. The number of hydrogen-bond acceptors (Lipinski definition) is 7. The first-order valence-electron chi connectivity index (χ1n) is 10.8. The lowest BCUT2D eigenvalue weighted by Gasteiger charge is -2.37. The molecule has 1 atom stereocenters. The molecular weight excluding hydrogens is 402 g/mol. The fraction of sp³-hybridized carbons (Fsp3) is 0.619. The van der Waals surface area contributed by atoms with E-state index in [9.17, 15) is 19.2 Å². The Hall–Kier alpha value is -3.04. The number of allylic oxidation sites excluding steroid dienone is 2. The van der Waals surface area contributed by atoms with Crippen LogP contribution in [0.3, 0.4) is 0 Å². The number of piperidine rings is 3. The summed E-state index contributed by atoms with van der Waals surface area (Å²) in [5.41, 5.74) is 12.6. The molecule has 3 aliphatic heterocycles. The van der Waals surface area contributed by atoms with E-state index < -0.39 is 11.9 Å². The number of hydrogen-bond donors (Lipinski definition) is 4. The summed E-state index contributed by atoms with van der Waals surface area (Å²) in [4.78, 5) is 50.8. The number of nitrogens with zero attached hydrogens (tertiary/aromatic N) is 2. The van der Waals surface area contributed by atoms with E-state index in [4.69, 9.17) is 16.6 Å². The zero-order valence-electron chi connectivity index (χ0n) is 17.6. The number of aliphatic carboxylic acids is 1. The van der Waals surface area contributed by atoms with Crippen LogP contribution in [0.15, 0.2) is 23.7 Å². The summed E-state index contributed by atoms with van der Waals surface area (Å²) < 4.78 is 0. The van der Waals surface area contributed by atoms with Gasteiger partial charge in [0.15, 0.2) is 0 Å². The van der Waals surface area contributed by atoms with Gasteiger partial charge in [0.05, 0.1) is 17.7 Å². The molecule has 1 unspecified atom stereocenters. The number of imide groups is 1. The predicted molar refractivity (Wildman–Crippen MR) is 112 cm³/mol. The Balaban J connectivity index is 1.48. The SMILES string of the molecule is N/C(=C\C=C(/N)N1CCC(C(=O)N2CCC(C(=O)O)CC2)CC1)C1CCC(=O)NC1=O. The average molecular weight is 434 g/mol. The molecule has 3 amide bonds. The number of likely N-dealkylation sites (tertiary alicyclic amines) is 2. The molecule has 0 aromatic carbocycles. The standard InChI is InChI=1S/C21H31N5O5/c22-16(15-1-4-18(27)24-19(15)28)2-3-17(23)25-9-5-13(6-10-25)20(29)26-11-7-14(8-12-26)21(30)31/h2-3,13-15H,1,4-12,22-23H2,(H,30,31)(H,24,27,28)/b16-2-,17-3+. The molecule has 3 saturated heterocycles. The Labute approximate surface area is 181 Å². The summed E-state index contributed by atoms with van der Waals surface area (Å²) in [5, 5.41) is 11.4. The van der Waals surface area contributed by atoms with Crippen LogP contribution >= 0.6 is 0 Å². The highest BCUT2D eigenvalue weighted by Crippen LogP contribution is 2.25. The van der Waals surface area contributed by atoms with Crippen LogP contribution in [0.1, 0.15) is 38.5 Å². The summed E-state index contributed by atoms with van der Waals surface area (Å²) >= 11 is 0. The quantitative estimate of drug-likeness (QED) is 0.340. The maximum absolute atomic E-state index is 12.8. The van der Waals surface area contributed by atoms with Gasteiger partial charge in [-0.25, -0.2) is 0 Å². The molecule has 10 nitrogen and oxygen atoms in total. The maximum atomic E-state index is 12.8. The van der Waals surface area contributed by atoms with Crippen LogP contribution in [0.2, 0.25) is 0 Å². The van der Waals surface area contributed by atoms with Crippen molar-refractivity contribution in [1.29, 1.82) is 0 Å². The number of carbonyl (C=O) groups is 4. The van der Waals surface area contributed by atoms with Crippen LogP contribution < -0.4 is 16.8 Å². The van der Waals surface area contributed by atoms with Crippen LogP contribution in [0.4, 0.5) is 0 Å². The molecule has 0 radical (unpaired) electrons. The lowest BCUT2D eigenvalue weighted by Crippen LogP contribution is -2.46. The molecule has 0 aromatic heterocycles. The number of amides is 3. The fourth-order valence-corrected chi connectivity index (χ4v) is 4.40. The molecule has 31 heavy (non-hydrogen) atoms. The zero-order valence-corrected chi connectivity index (χ0v) is 17.6. The minimum absolute atomic E-state index is 0.0745. The van der Waals surface area contributed by atoms with Crippen molar-refractivity contribution in [2.45, 2.75) is 38.5 Å². The first kappa shape index (κ1) is 22.6. The summed E-state index contributed by atoms with van der Waals surface area (Å²) in [6.45, 7) is 2.28. The third-order valence-electron chi connectivity index (χ3n) is 6.45. The monoisotopic (exact) mass is 433 g/mol. The van der Waals surface area contributed by atoms with E-state index in [1.54, 1.807) is 17.1 Å². The Morgan fingerprint density at radius 3 is 2.06 bits per heavy atom. The molecule has 3 rings (SSSR count). The van der Waals surface area contributed by atoms with E-state index in [0.717, 1.165) is 0 Å². The van der Waals surface area contributed by atoms with Gasteiger partial charge in [-0.05, 0) is 44.3 Å². The Kier molecular flexibility index (Phi) is 7.19. The smallest absolute Gasteiger partial charge is 0.306 e. The number of rotatable bonds is 5. The topological polar surface area (TPSA) is 159 Å². The summed E-state index contributed by atoms with van der Waals surface area (Å²) in [7, 11) is 0. The fourth-order valence-electron chi connectivity index (χ4n) is 4.40. The number of carbonyl (C=O) groups excluding carboxylic acids is 3. The minimum atomic E-state index is -0.782. The second-order valence-electron chi connectivity index (χ2n) is 8.46. The van der Waals surface area contributed by atoms with Crippen molar-refractivity contribution in [3.63, 3.8) is 0 Å². The normalized spacial score (nSPS) is 24.8. The third kappa shape index (κ3) is 5.56. The zero-order chi connectivity index (χ0) is 22.5. The number of carboxylic acids is 1. The molecular formula is C21H31N5O5. The number of nitrogens with one attached hydrogen (secondary N) is 1. The van der Waals surface area contributed by atoms with Gasteiger partial charge >= 0.3 is 5.97 Å². The van der Waals surface area contributed by atoms with Crippen molar-refractivity contribution in [3.05, 3.63) is 23.7 Å². The first-order valence-corrected chi connectivity index (χ1v) is 10.8. The largest absolute Gasteiger partial charge is 0.481 e. The Bertz CT molecular complexity index is 792. The maximum Gasteiger partial charge on any atom is 0.306 e. The molecule has 3 fully saturated rings. The Morgan fingerprint density at radius 2 is 1.48 bits per heavy atom. The number of nitrogens with two attached hydrogens (primary N) is 2. The van der Waals surface area contributed by atoms with Crippen LogP contribution in [-0.2, 0) is 19.2 Å². The minimum Gasteiger partial charge on any atom is -0.481 e. The molecule has 3 heterocycles. The highest BCUT2D eigenvalue weighted by molar-refractivity contribution is 5.99. The second-order valence-corrected chi connectivity index (χ2v) is 8.46. The van der Waals surface area contributed by atoms with Crippen molar-refractivity contribution in [3.8, 4) is 0 Å². The molecule has 0 aliphatic carbocycles. The summed E-state index contributed by atoms with van der Waals surface area (Å²) in [6.07, 6.45) is 6.30. The van der Waals surface area contributed by atoms with Gasteiger partial charge in [-0.1, -0.05) is 0 Å². The van der Waals surface area contributed by atoms with Gasteiger partial charge in [0.25, 0.3) is 0 Å². The summed E-state index contributed by atoms with van der Waals surface area (Å²) in [5.74, 6) is -1.79. The molecule has 6 N–H and O–H groups in total. The lowest BCUT2D eigenvalue weighted by atomic mass is 9.92. The Morgan fingerprint density at radius 1 is 0.903 bits per heavy atom. The van der Waals surface area contributed by atoms with Crippen molar-refractivity contribution >= 4 is 23.7 Å². The van der Waals surface area contributed by atoms with Crippen LogP contribution in [0.25, 0.3) is 0 Å². The molecule has 0 saturated carbocycles. The highest BCUT2D eigenvalue weighted by Gasteiger charge is 2.33. The van der Waals surface area contributed by atoms with Crippen molar-refractivity contribution in [2.24, 2.45) is 29.2 Å². The average Bonchev–Trinajstić information content (AvgIpc) is 2.77. The van der Waals surface area contributed by atoms with Gasteiger partial charge in [0.2, 0.25) is 17.7 Å². The van der Waals surface area contributed by atoms with E-state index >= 15 is 0 Å². The van der Waals surface area contributed by atoms with E-state index in [-0.39, 0.29) is 36.0 Å². The van der Waals surface area contributed by atoms with Crippen molar-refractivity contribution < 1.29 is 24.3 Å². The molecule has 0 bridgehead atoms. The van der Waals surface area contributed by atoms with Crippen LogP contribution in [0, 0.1) is 17.8 Å². The molecule has 3 aliphatic rings. The lowest BCUT2D eigenvalue weighted by molar-refractivity contribution is -0.147. The van der Waals surface area contributed by atoms with Gasteiger partial charge in [0, 0.05) is 44.2 Å². The molecule has 0 aromatic rings. The van der Waals surface area contributed by atoms with Gasteiger partial charge in [-0.15, -0.1) is 0 Å². The predicted octanol–water partition coefficient (Wildman–Crippen LogP) is -0.283. The van der Waals surface area contributed by atoms with E-state index in [1.807, 2.05) is 4.90 Å². The van der Waals surface area contributed by atoms with E-state index in [2.05, 4.69) is 5.32 Å². The van der Waals surface area contributed by atoms with E-state index in [1.165, 1.54) is 0 Å². The van der Waals surface area contributed by atoms with Gasteiger partial charge in [-0.3, -0.25) is 24.5 Å². The van der Waals surface area contributed by atoms with E-state index in [0.29, 0.717) is 69.8 Å². The molecule has 0 spiro atoms. The van der Waals surface area contributed by atoms with Gasteiger partial charge < -0.3 is 26.4 Å². The second kappa shape index (κ2) is 9.84. The van der Waals surface area contributed by atoms with Crippen LogP contribution in [0.5, 0.6) is 0 Å². The molecule has 170 valence electrons. The van der Waals surface area contributed by atoms with Crippen molar-refractivity contribution in [1.82, 2.24) is 15.1 Å². The third-order valence-corrected chi connectivity index (χ3v) is 6.45. The summed E-state index contributed by atoms with van der Waals surface area (Å²) in [6, 6.07) is 0.